The van der Waals surface area contributed by atoms with Crippen molar-refractivity contribution >= 4 is 17.4 Å². The van der Waals surface area contributed by atoms with Gasteiger partial charge in [-0.3, -0.25) is 9.78 Å². The second-order valence-corrected chi connectivity index (χ2v) is 7.47. The van der Waals surface area contributed by atoms with Crippen LogP contribution in [0.15, 0.2) is 29.9 Å². The topological polar surface area (TPSA) is 91.7 Å². The number of aromatic amines is 1. The van der Waals surface area contributed by atoms with E-state index < -0.39 is 0 Å². The van der Waals surface area contributed by atoms with E-state index in [1.54, 1.807) is 28.0 Å². The van der Waals surface area contributed by atoms with Crippen LogP contribution in [0.25, 0.3) is 10.6 Å². The molecule has 2 N–H and O–H groups in total. The van der Waals surface area contributed by atoms with Crippen molar-refractivity contribution < 1.29 is 4.79 Å². The Bertz CT molecular complexity index is 852. The minimum absolute atomic E-state index is 0.168. The molecule has 0 saturated carbocycles. The summed E-state index contributed by atoms with van der Waals surface area (Å²) in [4.78, 5) is 19.6. The highest BCUT2D eigenvalue weighted by atomic mass is 32.1. The fraction of sp³-hybridized carbons (Fsp3) is 0.412. The van der Waals surface area contributed by atoms with E-state index >= 15 is 0 Å². The molecule has 0 aliphatic rings. The third kappa shape index (κ3) is 3.93. The van der Waals surface area contributed by atoms with Crippen molar-refractivity contribution in [2.24, 2.45) is 13.0 Å². The first kappa shape index (κ1) is 18.1. The van der Waals surface area contributed by atoms with E-state index in [-0.39, 0.29) is 18.0 Å². The van der Waals surface area contributed by atoms with Crippen molar-refractivity contribution in [3.05, 3.63) is 41.4 Å². The summed E-state index contributed by atoms with van der Waals surface area (Å²) in [6.07, 6.45) is 1.50. The second kappa shape index (κ2) is 7.69. The molecule has 0 aromatic carbocycles. The Balaban J connectivity index is 1.65. The van der Waals surface area contributed by atoms with Crippen LogP contribution in [-0.2, 0) is 13.6 Å². The zero-order chi connectivity index (χ0) is 18.7. The molecule has 3 aromatic heterocycles. The fourth-order valence-corrected chi connectivity index (χ4v) is 3.37. The van der Waals surface area contributed by atoms with E-state index in [0.717, 1.165) is 22.1 Å². The lowest BCUT2D eigenvalue weighted by molar-refractivity contribution is 0.197. The smallest absolute Gasteiger partial charge is 0.318 e. The standard InChI is InChI=1S/C17H23N7OS/c1-11(2)15(16-18-10-19-24(16)4)20-17(25)23(3)9-12-8-13(22-21-12)14-6-5-7-26-14/h5-8,10-11,15H,9H2,1-4H3,(H,20,25)(H,21,22)/t15-/m0/s1. The van der Waals surface area contributed by atoms with Gasteiger partial charge in [0.15, 0.2) is 0 Å². The van der Waals surface area contributed by atoms with Gasteiger partial charge >= 0.3 is 6.03 Å². The molecule has 0 fully saturated rings. The average Bonchev–Trinajstić information content (AvgIpc) is 3.33. The van der Waals surface area contributed by atoms with Crippen LogP contribution in [0.5, 0.6) is 0 Å². The van der Waals surface area contributed by atoms with Gasteiger partial charge < -0.3 is 10.2 Å². The summed E-state index contributed by atoms with van der Waals surface area (Å²) < 4.78 is 1.69. The molecule has 0 radical (unpaired) electrons. The zero-order valence-electron chi connectivity index (χ0n) is 15.3. The number of H-pyrrole nitrogens is 1. The summed E-state index contributed by atoms with van der Waals surface area (Å²) in [5, 5.41) is 16.5. The molecule has 0 bridgehead atoms. The molecule has 1 atom stereocenters. The number of amides is 2. The van der Waals surface area contributed by atoms with E-state index in [4.69, 9.17) is 0 Å². The van der Waals surface area contributed by atoms with Gasteiger partial charge in [0.1, 0.15) is 17.8 Å². The summed E-state index contributed by atoms with van der Waals surface area (Å²) in [7, 11) is 3.58. The lowest BCUT2D eigenvalue weighted by Gasteiger charge is -2.25. The molecule has 3 aromatic rings. The van der Waals surface area contributed by atoms with Gasteiger partial charge in [0.2, 0.25) is 0 Å². The molecule has 0 spiro atoms. The number of nitrogens with one attached hydrogen (secondary N) is 2. The third-order valence-electron chi connectivity index (χ3n) is 4.13. The summed E-state index contributed by atoms with van der Waals surface area (Å²) in [6.45, 7) is 4.53. The molecule has 8 nitrogen and oxygen atoms in total. The predicted molar refractivity (Wildman–Crippen MR) is 100 cm³/mol. The SMILES string of the molecule is CC(C)[C@H](NC(=O)N(C)Cc1cc(-c2cccs2)n[nH]1)c1ncnn1C. The number of rotatable bonds is 6. The first-order valence-corrected chi connectivity index (χ1v) is 9.27. The largest absolute Gasteiger partial charge is 0.328 e. The molecule has 0 aliphatic heterocycles. The predicted octanol–water partition coefficient (Wildman–Crippen LogP) is 2.81. The van der Waals surface area contributed by atoms with E-state index in [0.29, 0.717) is 6.54 Å². The first-order chi connectivity index (χ1) is 12.5. The van der Waals surface area contributed by atoms with Crippen LogP contribution in [0, 0.1) is 5.92 Å². The molecular weight excluding hydrogens is 350 g/mol. The summed E-state index contributed by atoms with van der Waals surface area (Å²) in [6, 6.07) is 5.61. The molecule has 0 unspecified atom stereocenters. The molecule has 138 valence electrons. The maximum absolute atomic E-state index is 12.6. The van der Waals surface area contributed by atoms with E-state index in [2.05, 4.69) is 25.6 Å². The van der Waals surface area contributed by atoms with Crippen LogP contribution in [-0.4, -0.2) is 42.9 Å². The van der Waals surface area contributed by atoms with Crippen molar-refractivity contribution in [1.29, 1.82) is 0 Å². The van der Waals surface area contributed by atoms with Crippen LogP contribution in [0.2, 0.25) is 0 Å². The number of hydrogen-bond donors (Lipinski definition) is 2. The van der Waals surface area contributed by atoms with Crippen molar-refractivity contribution in [2.75, 3.05) is 7.05 Å². The Morgan fingerprint density at radius 2 is 2.27 bits per heavy atom. The molecule has 2 amide bonds. The fourth-order valence-electron chi connectivity index (χ4n) is 2.68. The van der Waals surface area contributed by atoms with Crippen molar-refractivity contribution in [2.45, 2.75) is 26.4 Å². The molecular formula is C17H23N7OS. The quantitative estimate of drug-likeness (QED) is 0.695. The number of carbonyl (C=O) groups is 1. The van der Waals surface area contributed by atoms with Crippen molar-refractivity contribution in [3.8, 4) is 10.6 Å². The number of nitrogens with zero attached hydrogens (tertiary/aromatic N) is 5. The van der Waals surface area contributed by atoms with Crippen LogP contribution in [0.4, 0.5) is 4.79 Å². The Kier molecular flexibility index (Phi) is 5.36. The molecule has 9 heteroatoms. The van der Waals surface area contributed by atoms with Crippen molar-refractivity contribution in [1.82, 2.24) is 35.2 Å². The van der Waals surface area contributed by atoms with E-state index in [1.807, 2.05) is 44.5 Å². The number of aromatic nitrogens is 5. The minimum Gasteiger partial charge on any atom is -0.328 e. The number of urea groups is 1. The Labute approximate surface area is 156 Å². The molecule has 0 saturated heterocycles. The van der Waals surface area contributed by atoms with Crippen LogP contribution in [0.3, 0.4) is 0 Å². The van der Waals surface area contributed by atoms with Gasteiger partial charge in [-0.05, 0) is 23.4 Å². The summed E-state index contributed by atoms with van der Waals surface area (Å²) in [5.41, 5.74) is 1.77. The second-order valence-electron chi connectivity index (χ2n) is 6.52. The van der Waals surface area contributed by atoms with Crippen LogP contribution in [0.1, 0.15) is 31.4 Å². The van der Waals surface area contributed by atoms with Gasteiger partial charge in [0.25, 0.3) is 0 Å². The monoisotopic (exact) mass is 373 g/mol. The van der Waals surface area contributed by atoms with Gasteiger partial charge in [-0.25, -0.2) is 9.78 Å². The number of aryl methyl sites for hydroxylation is 1. The Hall–Kier alpha value is -2.68. The zero-order valence-corrected chi connectivity index (χ0v) is 16.1. The Morgan fingerprint density at radius 3 is 2.88 bits per heavy atom. The number of thiophene rings is 1. The average molecular weight is 373 g/mol. The van der Waals surface area contributed by atoms with E-state index in [1.165, 1.54) is 6.33 Å². The highest BCUT2D eigenvalue weighted by Gasteiger charge is 2.24. The van der Waals surface area contributed by atoms with Crippen LogP contribution < -0.4 is 5.32 Å². The van der Waals surface area contributed by atoms with Crippen molar-refractivity contribution in [3.63, 3.8) is 0 Å². The normalized spacial score (nSPS) is 12.3. The number of hydrogen-bond acceptors (Lipinski definition) is 5. The Morgan fingerprint density at radius 1 is 1.46 bits per heavy atom. The van der Waals surface area contributed by atoms with Crippen LogP contribution >= 0.6 is 11.3 Å². The van der Waals surface area contributed by atoms with Gasteiger partial charge in [-0.15, -0.1) is 11.3 Å². The molecule has 0 aliphatic carbocycles. The first-order valence-electron chi connectivity index (χ1n) is 8.39. The maximum atomic E-state index is 12.6. The summed E-state index contributed by atoms with van der Waals surface area (Å²) >= 11 is 1.64. The minimum atomic E-state index is -0.208. The lowest BCUT2D eigenvalue weighted by Crippen LogP contribution is -2.41. The number of carbonyl (C=O) groups excluding carboxylic acids is 1. The van der Waals surface area contributed by atoms with Gasteiger partial charge in [-0.2, -0.15) is 10.2 Å². The van der Waals surface area contributed by atoms with Gasteiger partial charge in [-0.1, -0.05) is 19.9 Å². The summed E-state index contributed by atoms with van der Waals surface area (Å²) in [5.74, 6) is 0.927. The highest BCUT2D eigenvalue weighted by molar-refractivity contribution is 7.13. The molecule has 3 rings (SSSR count). The molecule has 26 heavy (non-hydrogen) atoms. The highest BCUT2D eigenvalue weighted by Crippen LogP contribution is 2.23. The maximum Gasteiger partial charge on any atom is 0.318 e. The van der Waals surface area contributed by atoms with Gasteiger partial charge in [0.05, 0.1) is 23.2 Å². The molecule has 3 heterocycles. The lowest BCUT2D eigenvalue weighted by atomic mass is 10.0. The van der Waals surface area contributed by atoms with Gasteiger partial charge in [0, 0.05) is 14.1 Å². The van der Waals surface area contributed by atoms with E-state index in [9.17, 15) is 4.79 Å². The third-order valence-corrected chi connectivity index (χ3v) is 5.02.